The number of anilines is 1. The highest BCUT2D eigenvalue weighted by atomic mass is 19.1. The molecule has 0 saturated carbocycles. The molecule has 1 aliphatic carbocycles. The van der Waals surface area contributed by atoms with E-state index in [0.717, 1.165) is 17.2 Å². The molecule has 0 radical (unpaired) electrons. The Balaban J connectivity index is 1.70. The van der Waals surface area contributed by atoms with E-state index in [0.29, 0.717) is 12.0 Å². The molecule has 2 aromatic carbocycles. The molecule has 5 nitrogen and oxygen atoms in total. The molecule has 124 valence electrons. The van der Waals surface area contributed by atoms with Crippen LogP contribution in [0, 0.1) is 12.7 Å². The zero-order valence-corrected chi connectivity index (χ0v) is 13.0. The van der Waals surface area contributed by atoms with Crippen molar-refractivity contribution in [2.75, 3.05) is 5.32 Å². The molecule has 3 N–H and O–H groups in total. The predicted molar refractivity (Wildman–Crippen MR) is 86.8 cm³/mol. The maximum absolute atomic E-state index is 13.3. The maximum atomic E-state index is 13.3. The molecule has 0 bridgehead atoms. The minimum atomic E-state index is -0.906. The molecule has 2 aromatic rings. The van der Waals surface area contributed by atoms with Gasteiger partial charge in [0.05, 0.1) is 12.1 Å². The topological polar surface area (TPSA) is 78.4 Å². The van der Waals surface area contributed by atoms with Gasteiger partial charge in [0.1, 0.15) is 5.82 Å². The highest BCUT2D eigenvalue weighted by Crippen LogP contribution is 2.31. The van der Waals surface area contributed by atoms with Crippen LogP contribution in [0.5, 0.6) is 0 Å². The van der Waals surface area contributed by atoms with E-state index in [1.807, 2.05) is 24.3 Å². The van der Waals surface area contributed by atoms with Gasteiger partial charge in [-0.3, -0.25) is 9.59 Å². The molecule has 0 spiro atoms. The lowest BCUT2D eigenvalue weighted by Gasteiger charge is -2.17. The minimum absolute atomic E-state index is 0.208. The molecular weight excluding hydrogens is 311 g/mol. The lowest BCUT2D eigenvalue weighted by atomic mass is 10.1. The Morgan fingerprint density at radius 2 is 1.92 bits per heavy atom. The quantitative estimate of drug-likeness (QED) is 0.736. The third-order valence-corrected chi connectivity index (χ3v) is 4.00. The van der Waals surface area contributed by atoms with E-state index in [1.165, 1.54) is 6.07 Å². The number of aliphatic hydroxyl groups excluding tert-OH is 1. The van der Waals surface area contributed by atoms with Crippen LogP contribution in [0.15, 0.2) is 42.5 Å². The van der Waals surface area contributed by atoms with Crippen molar-refractivity contribution in [3.8, 4) is 0 Å². The molecule has 0 aromatic heterocycles. The Hall–Kier alpha value is -2.73. The summed E-state index contributed by atoms with van der Waals surface area (Å²) in [5, 5.41) is 15.0. The molecule has 0 unspecified atom stereocenters. The molecule has 24 heavy (non-hydrogen) atoms. The van der Waals surface area contributed by atoms with Crippen molar-refractivity contribution in [1.82, 2.24) is 5.32 Å². The predicted octanol–water partition coefficient (Wildman–Crippen LogP) is 1.85. The van der Waals surface area contributed by atoms with E-state index in [9.17, 15) is 19.1 Å². The molecule has 6 heteroatoms. The second-order valence-electron chi connectivity index (χ2n) is 5.89. The van der Waals surface area contributed by atoms with Gasteiger partial charge < -0.3 is 15.7 Å². The van der Waals surface area contributed by atoms with Crippen LogP contribution in [-0.2, 0) is 16.0 Å². The molecule has 0 saturated heterocycles. The van der Waals surface area contributed by atoms with E-state index in [-0.39, 0.29) is 5.69 Å². The van der Waals surface area contributed by atoms with Crippen molar-refractivity contribution in [2.45, 2.75) is 25.5 Å². The van der Waals surface area contributed by atoms with Gasteiger partial charge in [-0.1, -0.05) is 24.3 Å². The Bertz CT molecular complexity index is 786. The number of amides is 2. The summed E-state index contributed by atoms with van der Waals surface area (Å²) < 4.78 is 13.3. The third kappa shape index (κ3) is 3.28. The van der Waals surface area contributed by atoms with Crippen LogP contribution >= 0.6 is 0 Å². The van der Waals surface area contributed by atoms with E-state index in [4.69, 9.17) is 0 Å². The first-order chi connectivity index (χ1) is 11.4. The van der Waals surface area contributed by atoms with Gasteiger partial charge in [-0.25, -0.2) is 4.39 Å². The monoisotopic (exact) mass is 328 g/mol. The van der Waals surface area contributed by atoms with Crippen LogP contribution in [0.4, 0.5) is 10.1 Å². The number of hydrogen-bond donors (Lipinski definition) is 3. The summed E-state index contributed by atoms with van der Waals surface area (Å²) in [4.78, 5) is 24.1. The summed E-state index contributed by atoms with van der Waals surface area (Å²) in [7, 11) is 0. The average molecular weight is 328 g/mol. The highest BCUT2D eigenvalue weighted by molar-refractivity contribution is 6.39. The van der Waals surface area contributed by atoms with Gasteiger partial charge in [0.15, 0.2) is 0 Å². The zero-order valence-electron chi connectivity index (χ0n) is 13.0. The van der Waals surface area contributed by atoms with E-state index in [1.54, 1.807) is 13.0 Å². The van der Waals surface area contributed by atoms with Crippen molar-refractivity contribution >= 4 is 17.5 Å². The number of carbonyl (C=O) groups excluding carboxylic acids is 2. The molecule has 2 amide bonds. The SMILES string of the molecule is Cc1cc(F)cc(NC(=O)C(=O)N[C@H]2c3ccccc3C[C@H]2O)c1. The summed E-state index contributed by atoms with van der Waals surface area (Å²) in [6.45, 7) is 1.69. The summed E-state index contributed by atoms with van der Waals surface area (Å²) in [6, 6.07) is 10.7. The summed E-state index contributed by atoms with van der Waals surface area (Å²) in [5.74, 6) is -2.28. The minimum Gasteiger partial charge on any atom is -0.390 e. The Labute approximate surface area is 138 Å². The van der Waals surface area contributed by atoms with Crippen molar-refractivity contribution in [2.24, 2.45) is 0 Å². The van der Waals surface area contributed by atoms with Crippen molar-refractivity contribution in [3.63, 3.8) is 0 Å². The number of rotatable bonds is 2. The van der Waals surface area contributed by atoms with E-state index in [2.05, 4.69) is 10.6 Å². The van der Waals surface area contributed by atoms with Crippen LogP contribution < -0.4 is 10.6 Å². The lowest BCUT2D eigenvalue weighted by molar-refractivity contribution is -0.137. The van der Waals surface area contributed by atoms with Crippen LogP contribution in [0.25, 0.3) is 0 Å². The Morgan fingerprint density at radius 1 is 1.17 bits per heavy atom. The number of benzene rings is 2. The first-order valence-electron chi connectivity index (χ1n) is 7.59. The first kappa shape index (κ1) is 16.1. The van der Waals surface area contributed by atoms with Crippen molar-refractivity contribution < 1.29 is 19.1 Å². The van der Waals surface area contributed by atoms with Gasteiger partial charge in [0.2, 0.25) is 0 Å². The second kappa shape index (κ2) is 6.41. The van der Waals surface area contributed by atoms with E-state index >= 15 is 0 Å². The van der Waals surface area contributed by atoms with Crippen LogP contribution in [-0.4, -0.2) is 23.0 Å². The summed E-state index contributed by atoms with van der Waals surface area (Å²) in [6.07, 6.45) is -0.359. The fraction of sp³-hybridized carbons (Fsp3) is 0.222. The van der Waals surface area contributed by atoms with Gasteiger partial charge in [-0.15, -0.1) is 0 Å². The number of halogens is 1. The van der Waals surface area contributed by atoms with Crippen molar-refractivity contribution in [3.05, 3.63) is 65.0 Å². The summed E-state index contributed by atoms with van der Waals surface area (Å²) in [5.41, 5.74) is 2.58. The number of aliphatic hydroxyl groups is 1. The molecule has 2 atom stereocenters. The maximum Gasteiger partial charge on any atom is 0.313 e. The zero-order chi connectivity index (χ0) is 17.3. The number of nitrogens with one attached hydrogen (secondary N) is 2. The van der Waals surface area contributed by atoms with Gasteiger partial charge >= 0.3 is 11.8 Å². The number of carbonyl (C=O) groups is 2. The van der Waals surface area contributed by atoms with Crippen molar-refractivity contribution in [1.29, 1.82) is 0 Å². The molecule has 0 heterocycles. The first-order valence-corrected chi connectivity index (χ1v) is 7.59. The Kier molecular flexibility index (Phi) is 4.31. The average Bonchev–Trinajstić information content (AvgIpc) is 2.82. The Morgan fingerprint density at radius 3 is 2.67 bits per heavy atom. The van der Waals surface area contributed by atoms with Crippen LogP contribution in [0.1, 0.15) is 22.7 Å². The van der Waals surface area contributed by atoms with Gasteiger partial charge in [0.25, 0.3) is 0 Å². The third-order valence-electron chi connectivity index (χ3n) is 4.00. The molecule has 3 rings (SSSR count). The molecule has 0 aliphatic heterocycles. The molecule has 1 aliphatic rings. The second-order valence-corrected chi connectivity index (χ2v) is 5.89. The lowest BCUT2D eigenvalue weighted by Crippen LogP contribution is -2.40. The fourth-order valence-corrected chi connectivity index (χ4v) is 2.95. The number of fused-ring (bicyclic) bond motifs is 1. The largest absolute Gasteiger partial charge is 0.390 e. The normalized spacial score (nSPS) is 18.8. The molecular formula is C18H17FN2O3. The van der Waals surface area contributed by atoms with Crippen LogP contribution in [0.2, 0.25) is 0 Å². The van der Waals surface area contributed by atoms with Gasteiger partial charge in [0, 0.05) is 12.1 Å². The fourth-order valence-electron chi connectivity index (χ4n) is 2.95. The standard InChI is InChI=1S/C18H17FN2O3/c1-10-6-12(19)9-13(7-10)20-17(23)18(24)21-16-14-5-3-2-4-11(14)8-15(16)22/h2-7,9,15-16,22H,8H2,1H3,(H,20,23)(H,21,24)/t15-,16+/m1/s1. The number of aryl methyl sites for hydroxylation is 1. The van der Waals surface area contributed by atoms with Gasteiger partial charge in [-0.05, 0) is 41.8 Å². The van der Waals surface area contributed by atoms with Crippen LogP contribution in [0.3, 0.4) is 0 Å². The molecule has 0 fully saturated rings. The smallest absolute Gasteiger partial charge is 0.313 e. The highest BCUT2D eigenvalue weighted by Gasteiger charge is 2.33. The van der Waals surface area contributed by atoms with E-state index < -0.39 is 29.8 Å². The van der Waals surface area contributed by atoms with Gasteiger partial charge in [-0.2, -0.15) is 0 Å². The summed E-state index contributed by atoms with van der Waals surface area (Å²) >= 11 is 0. The number of hydrogen-bond acceptors (Lipinski definition) is 3.